The number of rotatable bonds is 5. The number of ether oxygens (including phenoxy) is 1. The van der Waals surface area contributed by atoms with Gasteiger partial charge in [-0.05, 0) is 50.7 Å². The molecule has 0 spiro atoms. The van der Waals surface area contributed by atoms with Gasteiger partial charge in [0, 0.05) is 13.1 Å². The van der Waals surface area contributed by atoms with Crippen molar-refractivity contribution in [2.75, 3.05) is 13.1 Å². The fraction of sp³-hybridized carbons (Fsp3) is 0.579. The van der Waals surface area contributed by atoms with Gasteiger partial charge in [-0.25, -0.2) is 9.80 Å². The summed E-state index contributed by atoms with van der Waals surface area (Å²) in [5.41, 5.74) is 4.57. The van der Waals surface area contributed by atoms with E-state index in [0.717, 1.165) is 11.5 Å². The number of carbonyl (C=O) groups excluding carboxylic acids is 2. The standard InChI is InChI=1S/C19H27N3O3/c1-19(2,3)25-18(24)21-22-11-16(12-22)20-17(23)10-13-4-6-14(7-5-13)15-8-9-15/h4-7,15-16H,8-12H2,1-3H3,(H,20,23)(H,21,24). The summed E-state index contributed by atoms with van der Waals surface area (Å²) in [5.74, 6) is 0.752. The average Bonchev–Trinajstić information content (AvgIpc) is 3.28. The maximum absolute atomic E-state index is 12.1. The van der Waals surface area contributed by atoms with E-state index in [2.05, 4.69) is 22.9 Å². The van der Waals surface area contributed by atoms with Gasteiger partial charge in [0.15, 0.2) is 0 Å². The van der Waals surface area contributed by atoms with Crippen LogP contribution in [0.1, 0.15) is 50.7 Å². The van der Waals surface area contributed by atoms with Crippen LogP contribution in [0.2, 0.25) is 0 Å². The molecular weight excluding hydrogens is 318 g/mol. The fourth-order valence-corrected chi connectivity index (χ4v) is 2.88. The van der Waals surface area contributed by atoms with Gasteiger partial charge in [0.05, 0.1) is 12.5 Å². The monoisotopic (exact) mass is 345 g/mol. The van der Waals surface area contributed by atoms with Crippen LogP contribution in [0.25, 0.3) is 0 Å². The maximum atomic E-state index is 12.1. The number of nitrogens with one attached hydrogen (secondary N) is 2. The molecule has 1 aliphatic heterocycles. The van der Waals surface area contributed by atoms with Crippen molar-refractivity contribution in [2.45, 2.75) is 57.6 Å². The Hall–Kier alpha value is -2.08. The first-order chi connectivity index (χ1) is 11.8. The van der Waals surface area contributed by atoms with Crippen LogP contribution < -0.4 is 10.7 Å². The minimum atomic E-state index is -0.516. The fourth-order valence-electron chi connectivity index (χ4n) is 2.88. The highest BCUT2D eigenvalue weighted by molar-refractivity contribution is 5.79. The number of hydrogen-bond acceptors (Lipinski definition) is 4. The van der Waals surface area contributed by atoms with E-state index in [1.165, 1.54) is 18.4 Å². The Morgan fingerprint density at radius 3 is 2.36 bits per heavy atom. The van der Waals surface area contributed by atoms with E-state index < -0.39 is 11.7 Å². The van der Waals surface area contributed by atoms with Gasteiger partial charge in [0.1, 0.15) is 5.60 Å². The van der Waals surface area contributed by atoms with E-state index in [1.54, 1.807) is 5.01 Å². The normalized spacial score (nSPS) is 18.4. The average molecular weight is 345 g/mol. The highest BCUT2D eigenvalue weighted by Gasteiger charge is 2.30. The third kappa shape index (κ3) is 5.46. The Balaban J connectivity index is 1.35. The lowest BCUT2D eigenvalue weighted by atomic mass is 10.1. The minimum Gasteiger partial charge on any atom is -0.443 e. The molecule has 2 fully saturated rings. The van der Waals surface area contributed by atoms with Gasteiger partial charge in [0.2, 0.25) is 5.91 Å². The van der Waals surface area contributed by atoms with Gasteiger partial charge in [-0.1, -0.05) is 24.3 Å². The van der Waals surface area contributed by atoms with E-state index in [1.807, 2.05) is 32.9 Å². The lowest BCUT2D eigenvalue weighted by molar-refractivity contribution is -0.122. The topological polar surface area (TPSA) is 70.7 Å². The van der Waals surface area contributed by atoms with Crippen LogP contribution in [0.4, 0.5) is 4.79 Å². The molecule has 0 radical (unpaired) electrons. The molecule has 25 heavy (non-hydrogen) atoms. The van der Waals surface area contributed by atoms with E-state index in [0.29, 0.717) is 19.5 Å². The summed E-state index contributed by atoms with van der Waals surface area (Å²) in [7, 11) is 0. The molecule has 2 amide bonds. The van der Waals surface area contributed by atoms with Crippen LogP contribution >= 0.6 is 0 Å². The number of nitrogens with zero attached hydrogens (tertiary/aromatic N) is 1. The predicted octanol–water partition coefficient (Wildman–Crippen LogP) is 2.35. The second-order valence-corrected chi connectivity index (χ2v) is 7.98. The first kappa shape index (κ1) is 17.7. The number of hydrazine groups is 1. The summed E-state index contributed by atoms with van der Waals surface area (Å²) >= 11 is 0. The van der Waals surface area contributed by atoms with Crippen molar-refractivity contribution in [3.05, 3.63) is 35.4 Å². The molecular formula is C19H27N3O3. The van der Waals surface area contributed by atoms with Crippen LogP contribution in [-0.4, -0.2) is 41.7 Å². The summed E-state index contributed by atoms with van der Waals surface area (Å²) in [4.78, 5) is 23.8. The zero-order valence-electron chi connectivity index (χ0n) is 15.2. The Morgan fingerprint density at radius 1 is 1.16 bits per heavy atom. The molecule has 1 saturated carbocycles. The Morgan fingerprint density at radius 2 is 1.80 bits per heavy atom. The molecule has 0 unspecified atom stereocenters. The van der Waals surface area contributed by atoms with Crippen LogP contribution in [0.3, 0.4) is 0 Å². The zero-order valence-corrected chi connectivity index (χ0v) is 15.2. The third-order valence-electron chi connectivity index (χ3n) is 4.29. The van der Waals surface area contributed by atoms with Gasteiger partial charge < -0.3 is 10.1 Å². The van der Waals surface area contributed by atoms with Gasteiger partial charge in [0.25, 0.3) is 0 Å². The number of amides is 2. The highest BCUT2D eigenvalue weighted by Crippen LogP contribution is 2.39. The van der Waals surface area contributed by atoms with Crippen molar-refractivity contribution in [3.63, 3.8) is 0 Å². The predicted molar refractivity (Wildman–Crippen MR) is 95.0 cm³/mol. The number of hydrogen-bond donors (Lipinski definition) is 2. The van der Waals surface area contributed by atoms with Crippen molar-refractivity contribution in [3.8, 4) is 0 Å². The molecule has 3 rings (SSSR count). The van der Waals surface area contributed by atoms with Gasteiger partial charge >= 0.3 is 6.09 Å². The number of carbonyl (C=O) groups is 2. The molecule has 1 aromatic rings. The molecule has 6 heteroatoms. The van der Waals surface area contributed by atoms with E-state index in [-0.39, 0.29) is 11.9 Å². The van der Waals surface area contributed by atoms with Gasteiger partial charge in [-0.2, -0.15) is 0 Å². The summed E-state index contributed by atoms with van der Waals surface area (Å²) in [6.07, 6.45) is 2.50. The van der Waals surface area contributed by atoms with Crippen LogP contribution in [0, 0.1) is 0 Å². The van der Waals surface area contributed by atoms with E-state index in [9.17, 15) is 9.59 Å². The lowest BCUT2D eigenvalue weighted by Gasteiger charge is -2.39. The van der Waals surface area contributed by atoms with Gasteiger partial charge in [-0.15, -0.1) is 0 Å². The molecule has 6 nitrogen and oxygen atoms in total. The molecule has 0 bridgehead atoms. The summed E-state index contributed by atoms with van der Waals surface area (Å²) < 4.78 is 5.19. The first-order valence-corrected chi connectivity index (χ1v) is 8.91. The Bertz CT molecular complexity index is 626. The highest BCUT2D eigenvalue weighted by atomic mass is 16.6. The van der Waals surface area contributed by atoms with Crippen molar-refractivity contribution < 1.29 is 14.3 Å². The van der Waals surface area contributed by atoms with Crippen LogP contribution in [0.5, 0.6) is 0 Å². The second-order valence-electron chi connectivity index (χ2n) is 7.98. The quantitative estimate of drug-likeness (QED) is 0.859. The van der Waals surface area contributed by atoms with Crippen molar-refractivity contribution >= 4 is 12.0 Å². The SMILES string of the molecule is CC(C)(C)OC(=O)NN1CC(NC(=O)Cc2ccc(C3CC3)cc2)C1. The largest absolute Gasteiger partial charge is 0.443 e. The summed E-state index contributed by atoms with van der Waals surface area (Å²) in [6.45, 7) is 6.64. The van der Waals surface area contributed by atoms with Gasteiger partial charge in [-0.3, -0.25) is 10.2 Å². The van der Waals surface area contributed by atoms with Crippen molar-refractivity contribution in [1.29, 1.82) is 0 Å². The van der Waals surface area contributed by atoms with E-state index >= 15 is 0 Å². The number of benzene rings is 1. The minimum absolute atomic E-state index is 0.0149. The molecule has 1 aromatic carbocycles. The molecule has 0 aromatic heterocycles. The maximum Gasteiger partial charge on any atom is 0.422 e. The zero-order chi connectivity index (χ0) is 18.0. The smallest absolute Gasteiger partial charge is 0.422 e. The molecule has 1 heterocycles. The van der Waals surface area contributed by atoms with Crippen LogP contribution in [0.15, 0.2) is 24.3 Å². The molecule has 1 aliphatic carbocycles. The van der Waals surface area contributed by atoms with Crippen molar-refractivity contribution in [2.24, 2.45) is 0 Å². The summed E-state index contributed by atoms with van der Waals surface area (Å²) in [5, 5.41) is 4.73. The van der Waals surface area contributed by atoms with Crippen LogP contribution in [-0.2, 0) is 16.0 Å². The van der Waals surface area contributed by atoms with E-state index in [4.69, 9.17) is 4.74 Å². The third-order valence-corrected chi connectivity index (χ3v) is 4.29. The first-order valence-electron chi connectivity index (χ1n) is 8.91. The summed E-state index contributed by atoms with van der Waals surface area (Å²) in [6, 6.07) is 8.43. The molecule has 0 atom stereocenters. The van der Waals surface area contributed by atoms with Crippen molar-refractivity contribution in [1.82, 2.24) is 15.8 Å². The molecule has 2 N–H and O–H groups in total. The molecule has 2 aliphatic rings. The Labute approximate surface area is 148 Å². The molecule has 1 saturated heterocycles. The molecule has 136 valence electrons. The second kappa shape index (κ2) is 7.04. The Kier molecular flexibility index (Phi) is 4.99. The lowest BCUT2D eigenvalue weighted by Crippen LogP contribution is -2.64.